The van der Waals surface area contributed by atoms with Crippen LogP contribution in [0.5, 0.6) is 0 Å². The van der Waals surface area contributed by atoms with Gasteiger partial charge in [0.05, 0.1) is 24.6 Å². The zero-order valence-electron chi connectivity index (χ0n) is 18.0. The summed E-state index contributed by atoms with van der Waals surface area (Å²) in [5.41, 5.74) is 8.08. The molecule has 0 amide bonds. The van der Waals surface area contributed by atoms with Crippen LogP contribution in [0.25, 0.3) is 11.1 Å². The lowest BCUT2D eigenvalue weighted by Crippen LogP contribution is -2.65. The molecule has 32 heavy (non-hydrogen) atoms. The quantitative estimate of drug-likeness (QED) is 0.513. The maximum atomic E-state index is 10.8. The van der Waals surface area contributed by atoms with Gasteiger partial charge in [0.1, 0.15) is 0 Å². The highest BCUT2D eigenvalue weighted by Gasteiger charge is 2.48. The Labute approximate surface area is 193 Å². The Bertz CT molecular complexity index is 1070. The molecule has 0 unspecified atom stereocenters. The van der Waals surface area contributed by atoms with Crippen molar-refractivity contribution in [2.45, 2.75) is 6.54 Å². The van der Waals surface area contributed by atoms with Crippen molar-refractivity contribution in [1.29, 1.82) is 0 Å². The van der Waals surface area contributed by atoms with Crippen LogP contribution in [-0.4, -0.2) is 43.5 Å². The zero-order chi connectivity index (χ0) is 22.1. The highest BCUT2D eigenvalue weighted by molar-refractivity contribution is 6.31. The predicted octanol–water partition coefficient (Wildman–Crippen LogP) is 4.59. The molecule has 2 aliphatic rings. The largest absolute Gasteiger partial charge is 0.380 e. The number of halogens is 1. The van der Waals surface area contributed by atoms with E-state index in [4.69, 9.17) is 16.3 Å². The Hall–Kier alpha value is -2.61. The van der Waals surface area contributed by atoms with Crippen LogP contribution in [0.2, 0.25) is 5.02 Å². The van der Waals surface area contributed by atoms with Crippen LogP contribution in [-0.2, 0) is 11.3 Å². The second-order valence-corrected chi connectivity index (χ2v) is 9.24. The van der Waals surface area contributed by atoms with E-state index in [2.05, 4.69) is 34.7 Å². The average molecular weight is 451 g/mol. The number of ether oxygens (including phenoxy) is 1. The zero-order valence-corrected chi connectivity index (χ0v) is 18.8. The summed E-state index contributed by atoms with van der Waals surface area (Å²) in [6, 6.07) is 23.6. The summed E-state index contributed by atoms with van der Waals surface area (Å²) in [7, 11) is 1.87. The lowest BCUT2D eigenvalue weighted by Gasteiger charge is -2.55. The second-order valence-electron chi connectivity index (χ2n) is 8.80. The van der Waals surface area contributed by atoms with Gasteiger partial charge >= 0.3 is 0 Å². The number of rotatable bonds is 7. The van der Waals surface area contributed by atoms with Gasteiger partial charge in [0.25, 0.3) is 0 Å². The molecule has 2 heterocycles. The molecule has 1 spiro atoms. The Balaban J connectivity index is 1.24. The lowest BCUT2D eigenvalue weighted by molar-refractivity contribution is -0.191. The molecule has 0 atom stereocenters. The normalized spacial score (nSPS) is 17.0. The molecule has 0 saturated carbocycles. The number of hydrogen-bond donors (Lipinski definition) is 2. The van der Waals surface area contributed by atoms with Crippen LogP contribution >= 0.6 is 11.6 Å². The van der Waals surface area contributed by atoms with E-state index < -0.39 is 0 Å². The Kier molecular flexibility index (Phi) is 5.80. The molecule has 0 aromatic heterocycles. The molecule has 0 bridgehead atoms. The molecule has 2 fully saturated rings. The van der Waals surface area contributed by atoms with Gasteiger partial charge in [-0.3, -0.25) is 15.1 Å². The van der Waals surface area contributed by atoms with Gasteiger partial charge in [-0.15, -0.1) is 5.53 Å². The number of benzene rings is 3. The smallest absolute Gasteiger partial charge is 0.0918 e. The van der Waals surface area contributed by atoms with E-state index in [0.29, 0.717) is 16.1 Å². The van der Waals surface area contributed by atoms with Gasteiger partial charge in [0.15, 0.2) is 0 Å². The first-order chi connectivity index (χ1) is 15.5. The Morgan fingerprint density at radius 2 is 1.75 bits per heavy atom. The molecule has 0 radical (unpaired) electrons. The molecule has 3 aromatic rings. The van der Waals surface area contributed by atoms with Gasteiger partial charge in [-0.1, -0.05) is 54.1 Å². The minimum Gasteiger partial charge on any atom is -0.380 e. The molecule has 2 aliphatic heterocycles. The van der Waals surface area contributed by atoms with Gasteiger partial charge in [0.2, 0.25) is 0 Å². The molecule has 166 valence electrons. The van der Waals surface area contributed by atoms with Gasteiger partial charge in [0, 0.05) is 42.7 Å². The number of hydrazine groups is 2. The number of nitrogens with zero attached hydrogens (tertiary/aromatic N) is 3. The van der Waals surface area contributed by atoms with Crippen LogP contribution in [0.3, 0.4) is 0 Å². The first kappa shape index (κ1) is 21.2. The third-order valence-corrected chi connectivity index (χ3v) is 6.42. The van der Waals surface area contributed by atoms with Crippen LogP contribution in [0.15, 0.2) is 72.8 Å². The topological polar surface area (TPSA) is 51.2 Å². The van der Waals surface area contributed by atoms with Gasteiger partial charge < -0.3 is 4.74 Å². The first-order valence-electron chi connectivity index (χ1n) is 10.7. The molecular weight excluding hydrogens is 424 g/mol. The number of nitrogens with one attached hydrogen (secondary N) is 1. The minimum atomic E-state index is 0.439. The third-order valence-electron chi connectivity index (χ3n) is 6.18. The van der Waals surface area contributed by atoms with Crippen LogP contribution < -0.4 is 15.7 Å². The van der Waals surface area contributed by atoms with Crippen molar-refractivity contribution in [2.24, 2.45) is 5.41 Å². The molecule has 0 aliphatic carbocycles. The molecular formula is C25H27ClN4O2. The van der Waals surface area contributed by atoms with Crippen molar-refractivity contribution in [1.82, 2.24) is 10.4 Å². The number of likely N-dealkylation sites (tertiary alicyclic amines) is 1. The minimum absolute atomic E-state index is 0.439. The van der Waals surface area contributed by atoms with Crippen molar-refractivity contribution < 1.29 is 9.94 Å². The summed E-state index contributed by atoms with van der Waals surface area (Å²) in [4.78, 5) is 2.46. The van der Waals surface area contributed by atoms with E-state index in [1.54, 1.807) is 17.1 Å². The van der Waals surface area contributed by atoms with Crippen molar-refractivity contribution in [2.75, 3.05) is 43.5 Å². The fraction of sp³-hybridized carbons (Fsp3) is 0.280. The molecule has 3 aromatic carbocycles. The number of hydrogen-bond acceptors (Lipinski definition) is 6. The fourth-order valence-corrected chi connectivity index (χ4v) is 4.64. The van der Waals surface area contributed by atoms with E-state index in [9.17, 15) is 5.21 Å². The van der Waals surface area contributed by atoms with Crippen molar-refractivity contribution in [3.05, 3.63) is 83.4 Å². The van der Waals surface area contributed by atoms with Crippen molar-refractivity contribution in [3.8, 4) is 11.1 Å². The summed E-state index contributed by atoms with van der Waals surface area (Å²) >= 11 is 6.22. The molecule has 2 N–H and O–H groups in total. The maximum absolute atomic E-state index is 10.8. The highest BCUT2D eigenvalue weighted by Crippen LogP contribution is 2.38. The SMILES string of the molecule is CN(NN(O)c1ccc(Cl)cc1-c1ccccc1)c1ccc(CN2CC3(COC3)C2)cc1. The van der Waals surface area contributed by atoms with E-state index in [0.717, 1.165) is 54.8 Å². The standard InChI is InChI=1S/C25H27ClN4O2/c1-28(22-10-7-19(8-11-22)14-29-15-25(16-29)17-32-18-25)27-30(31)24-12-9-21(26)13-23(24)20-5-3-2-4-6-20/h2-13,27,31H,14-18H2,1H3. The second kappa shape index (κ2) is 8.73. The summed E-state index contributed by atoms with van der Waals surface area (Å²) < 4.78 is 5.35. The Morgan fingerprint density at radius 3 is 2.41 bits per heavy atom. The van der Waals surface area contributed by atoms with E-state index in [1.165, 1.54) is 5.56 Å². The van der Waals surface area contributed by atoms with Crippen LogP contribution in [0.4, 0.5) is 11.4 Å². The number of anilines is 2. The molecule has 5 rings (SSSR count). The van der Waals surface area contributed by atoms with Crippen molar-refractivity contribution in [3.63, 3.8) is 0 Å². The summed E-state index contributed by atoms with van der Waals surface area (Å²) in [5, 5.41) is 14.2. The van der Waals surface area contributed by atoms with Crippen LogP contribution in [0.1, 0.15) is 5.56 Å². The van der Waals surface area contributed by atoms with Crippen molar-refractivity contribution >= 4 is 23.0 Å². The summed E-state index contributed by atoms with van der Waals surface area (Å²) in [5.74, 6) is 0. The van der Waals surface area contributed by atoms with Crippen LogP contribution in [0, 0.1) is 5.41 Å². The predicted molar refractivity (Wildman–Crippen MR) is 128 cm³/mol. The first-order valence-corrected chi connectivity index (χ1v) is 11.1. The highest BCUT2D eigenvalue weighted by atomic mass is 35.5. The summed E-state index contributed by atoms with van der Waals surface area (Å²) in [6.07, 6.45) is 0. The average Bonchev–Trinajstić information content (AvgIpc) is 2.75. The third kappa shape index (κ3) is 4.33. The maximum Gasteiger partial charge on any atom is 0.0918 e. The van der Waals surface area contributed by atoms with E-state index in [1.807, 2.05) is 43.4 Å². The lowest BCUT2D eigenvalue weighted by atomic mass is 9.78. The monoisotopic (exact) mass is 450 g/mol. The molecule has 7 heteroatoms. The Morgan fingerprint density at radius 1 is 1.03 bits per heavy atom. The van der Waals surface area contributed by atoms with E-state index >= 15 is 0 Å². The molecule has 6 nitrogen and oxygen atoms in total. The summed E-state index contributed by atoms with van der Waals surface area (Å²) in [6.45, 7) is 5.03. The van der Waals surface area contributed by atoms with Gasteiger partial charge in [-0.25, -0.2) is 0 Å². The van der Waals surface area contributed by atoms with E-state index in [-0.39, 0.29) is 0 Å². The molecule has 2 saturated heterocycles. The van der Waals surface area contributed by atoms with Gasteiger partial charge in [-0.2, -0.15) is 5.17 Å². The fourth-order valence-electron chi connectivity index (χ4n) is 4.47. The van der Waals surface area contributed by atoms with Gasteiger partial charge in [-0.05, 0) is 41.5 Å².